The van der Waals surface area contributed by atoms with Gasteiger partial charge in [0.05, 0.1) is 10.4 Å². The van der Waals surface area contributed by atoms with E-state index in [9.17, 15) is 4.79 Å². The molecule has 0 fully saturated rings. The molecule has 3 heterocycles. The summed E-state index contributed by atoms with van der Waals surface area (Å²) in [6, 6.07) is 3.90. The van der Waals surface area contributed by atoms with Crippen LogP contribution in [0, 0.1) is 0 Å². The average Bonchev–Trinajstić information content (AvgIpc) is 3.04. The van der Waals surface area contributed by atoms with Crippen molar-refractivity contribution in [3.63, 3.8) is 0 Å². The van der Waals surface area contributed by atoms with E-state index in [1.165, 1.54) is 11.3 Å². The molecule has 0 saturated heterocycles. The van der Waals surface area contributed by atoms with Crippen molar-refractivity contribution < 1.29 is 4.79 Å². The van der Waals surface area contributed by atoms with E-state index >= 15 is 0 Å². The average molecular weight is 256 g/mol. The van der Waals surface area contributed by atoms with Crippen LogP contribution >= 0.6 is 11.3 Å². The van der Waals surface area contributed by atoms with Crippen molar-refractivity contribution in [2.45, 2.75) is 13.3 Å². The van der Waals surface area contributed by atoms with Crippen LogP contribution in [-0.2, 0) is 6.42 Å². The lowest BCUT2D eigenvalue weighted by molar-refractivity contribution is 0.104. The van der Waals surface area contributed by atoms with Gasteiger partial charge < -0.3 is 4.98 Å². The quantitative estimate of drug-likeness (QED) is 0.730. The van der Waals surface area contributed by atoms with Crippen LogP contribution in [0.4, 0.5) is 0 Å². The molecule has 0 unspecified atom stereocenters. The molecule has 18 heavy (non-hydrogen) atoms. The first-order chi connectivity index (χ1) is 8.81. The Hall–Kier alpha value is -1.94. The molecule has 0 aliphatic heterocycles. The molecule has 0 radical (unpaired) electrons. The number of rotatable bonds is 3. The summed E-state index contributed by atoms with van der Waals surface area (Å²) in [5.74, 6) is 0.0844. The molecule has 0 aliphatic rings. The fraction of sp³-hybridized carbons (Fsp3) is 0.143. The second-order valence-electron chi connectivity index (χ2n) is 4.08. The van der Waals surface area contributed by atoms with Crippen LogP contribution < -0.4 is 0 Å². The molecule has 0 bridgehead atoms. The number of hydrogen-bond acceptors (Lipinski definition) is 3. The standard InChI is InChI=1S/C14H12N2OS/c1-2-9-4-6-18-14(9)13(17)11-8-16-12-3-5-15-7-10(11)12/h3-8,16H,2H2,1H3. The van der Waals surface area contributed by atoms with Gasteiger partial charge in [0.1, 0.15) is 0 Å². The normalized spacial score (nSPS) is 10.9. The second-order valence-corrected chi connectivity index (χ2v) is 5.00. The van der Waals surface area contributed by atoms with Crippen molar-refractivity contribution in [1.29, 1.82) is 0 Å². The van der Waals surface area contributed by atoms with Crippen LogP contribution in [0.5, 0.6) is 0 Å². The number of pyridine rings is 1. The molecule has 0 aromatic carbocycles. The number of carbonyl (C=O) groups excluding carboxylic acids is 1. The van der Waals surface area contributed by atoms with Crippen molar-refractivity contribution in [3.05, 3.63) is 52.1 Å². The van der Waals surface area contributed by atoms with Crippen LogP contribution in [0.25, 0.3) is 10.9 Å². The monoisotopic (exact) mass is 256 g/mol. The smallest absolute Gasteiger partial charge is 0.205 e. The minimum atomic E-state index is 0.0844. The van der Waals surface area contributed by atoms with Gasteiger partial charge in [0.25, 0.3) is 0 Å². The number of nitrogens with zero attached hydrogens (tertiary/aromatic N) is 1. The number of fused-ring (bicyclic) bond motifs is 1. The third-order valence-corrected chi connectivity index (χ3v) is 4.02. The summed E-state index contributed by atoms with van der Waals surface area (Å²) in [5, 5.41) is 2.86. The van der Waals surface area contributed by atoms with E-state index < -0.39 is 0 Å². The Morgan fingerprint density at radius 1 is 1.44 bits per heavy atom. The molecular formula is C14H12N2OS. The maximum atomic E-state index is 12.5. The molecule has 1 N–H and O–H groups in total. The molecule has 0 amide bonds. The van der Waals surface area contributed by atoms with E-state index in [4.69, 9.17) is 0 Å². The predicted octanol–water partition coefficient (Wildman–Crippen LogP) is 3.42. The minimum Gasteiger partial charge on any atom is -0.360 e. The topological polar surface area (TPSA) is 45.8 Å². The molecule has 3 rings (SSSR count). The number of aromatic amines is 1. The van der Waals surface area contributed by atoms with Gasteiger partial charge in [0.15, 0.2) is 0 Å². The van der Waals surface area contributed by atoms with Crippen molar-refractivity contribution in [2.75, 3.05) is 0 Å². The molecule has 0 atom stereocenters. The SMILES string of the molecule is CCc1ccsc1C(=O)c1c[nH]c2ccncc12. The highest BCUT2D eigenvalue weighted by Crippen LogP contribution is 2.25. The fourth-order valence-electron chi connectivity index (χ4n) is 2.09. The van der Waals surface area contributed by atoms with E-state index in [0.29, 0.717) is 5.56 Å². The number of H-pyrrole nitrogens is 1. The Bertz CT molecular complexity index is 711. The van der Waals surface area contributed by atoms with Gasteiger partial charge in [-0.25, -0.2) is 0 Å². The Morgan fingerprint density at radius 3 is 3.17 bits per heavy atom. The van der Waals surface area contributed by atoms with Crippen LogP contribution in [0.3, 0.4) is 0 Å². The van der Waals surface area contributed by atoms with Crippen LogP contribution in [0.1, 0.15) is 27.7 Å². The second kappa shape index (κ2) is 4.38. The summed E-state index contributed by atoms with van der Waals surface area (Å²) in [6.45, 7) is 2.07. The first-order valence-corrected chi connectivity index (χ1v) is 6.71. The zero-order valence-electron chi connectivity index (χ0n) is 9.93. The lowest BCUT2D eigenvalue weighted by Crippen LogP contribution is -2.00. The first kappa shape index (κ1) is 11.2. The maximum absolute atomic E-state index is 12.5. The van der Waals surface area contributed by atoms with Gasteiger partial charge in [-0.05, 0) is 29.5 Å². The van der Waals surface area contributed by atoms with Gasteiger partial charge in [0, 0.05) is 29.5 Å². The van der Waals surface area contributed by atoms with E-state index in [2.05, 4.69) is 16.9 Å². The summed E-state index contributed by atoms with van der Waals surface area (Å²) in [4.78, 5) is 20.6. The van der Waals surface area contributed by atoms with Crippen molar-refractivity contribution >= 4 is 28.0 Å². The zero-order valence-corrected chi connectivity index (χ0v) is 10.8. The highest BCUT2D eigenvalue weighted by molar-refractivity contribution is 7.12. The summed E-state index contributed by atoms with van der Waals surface area (Å²) in [7, 11) is 0. The number of carbonyl (C=O) groups is 1. The summed E-state index contributed by atoms with van der Waals surface area (Å²) in [5.41, 5.74) is 2.77. The number of aromatic nitrogens is 2. The van der Waals surface area contributed by atoms with Crippen molar-refractivity contribution in [1.82, 2.24) is 9.97 Å². The van der Waals surface area contributed by atoms with Gasteiger partial charge in [0.2, 0.25) is 5.78 Å². The van der Waals surface area contributed by atoms with Crippen molar-refractivity contribution in [3.8, 4) is 0 Å². The van der Waals surface area contributed by atoms with E-state index in [-0.39, 0.29) is 5.78 Å². The molecule has 3 aromatic heterocycles. The Labute approximate surface area is 108 Å². The minimum absolute atomic E-state index is 0.0844. The van der Waals surface area contributed by atoms with E-state index in [1.54, 1.807) is 18.6 Å². The molecule has 3 nitrogen and oxygen atoms in total. The fourth-order valence-corrected chi connectivity index (χ4v) is 3.04. The highest BCUT2D eigenvalue weighted by atomic mass is 32.1. The van der Waals surface area contributed by atoms with Gasteiger partial charge in [-0.2, -0.15) is 0 Å². The highest BCUT2D eigenvalue weighted by Gasteiger charge is 2.17. The molecular weight excluding hydrogens is 244 g/mol. The molecule has 0 aliphatic carbocycles. The van der Waals surface area contributed by atoms with E-state index in [0.717, 1.165) is 27.8 Å². The molecule has 0 spiro atoms. The summed E-state index contributed by atoms with van der Waals surface area (Å²) < 4.78 is 0. The Kier molecular flexibility index (Phi) is 2.72. The maximum Gasteiger partial charge on any atom is 0.205 e. The third kappa shape index (κ3) is 1.66. The van der Waals surface area contributed by atoms with Crippen LogP contribution in [-0.4, -0.2) is 15.8 Å². The predicted molar refractivity (Wildman–Crippen MR) is 73.2 cm³/mol. The van der Waals surface area contributed by atoms with E-state index in [1.807, 2.05) is 17.5 Å². The number of thiophene rings is 1. The molecule has 4 heteroatoms. The Balaban J connectivity index is 2.13. The molecule has 3 aromatic rings. The van der Waals surface area contributed by atoms with Gasteiger partial charge >= 0.3 is 0 Å². The van der Waals surface area contributed by atoms with Crippen molar-refractivity contribution in [2.24, 2.45) is 0 Å². The van der Waals surface area contributed by atoms with Gasteiger partial charge in [-0.15, -0.1) is 11.3 Å². The van der Waals surface area contributed by atoms with Gasteiger partial charge in [-0.1, -0.05) is 6.92 Å². The first-order valence-electron chi connectivity index (χ1n) is 5.83. The van der Waals surface area contributed by atoms with Crippen LogP contribution in [0.2, 0.25) is 0 Å². The molecule has 90 valence electrons. The largest absolute Gasteiger partial charge is 0.360 e. The van der Waals surface area contributed by atoms with Crippen LogP contribution in [0.15, 0.2) is 36.1 Å². The Morgan fingerprint density at radius 2 is 2.33 bits per heavy atom. The lowest BCUT2D eigenvalue weighted by Gasteiger charge is -1.99. The third-order valence-electron chi connectivity index (χ3n) is 3.06. The summed E-state index contributed by atoms with van der Waals surface area (Å²) in [6.07, 6.45) is 6.10. The lowest BCUT2D eigenvalue weighted by atomic mass is 10.1. The molecule has 0 saturated carbocycles. The van der Waals surface area contributed by atoms with Gasteiger partial charge in [-0.3, -0.25) is 9.78 Å². The number of nitrogens with one attached hydrogen (secondary N) is 1. The summed E-state index contributed by atoms with van der Waals surface area (Å²) >= 11 is 1.51. The zero-order chi connectivity index (χ0) is 12.5. The number of aryl methyl sites for hydroxylation is 1. The number of hydrogen-bond donors (Lipinski definition) is 1. The number of ketones is 1.